The molecule has 1 fully saturated rings. The van der Waals surface area contributed by atoms with E-state index in [0.29, 0.717) is 12.1 Å². The average Bonchev–Trinajstić information content (AvgIpc) is 3.30. The summed E-state index contributed by atoms with van der Waals surface area (Å²) in [4.78, 5) is 17.2. The molecule has 1 aliphatic rings. The highest BCUT2D eigenvalue weighted by Gasteiger charge is 2.22. The number of aromatic carboxylic acids is 1. The molecule has 4 rings (SSSR count). The monoisotopic (exact) mass is 434 g/mol. The minimum atomic E-state index is -0.900. The van der Waals surface area contributed by atoms with Crippen LogP contribution in [0, 0.1) is 6.92 Å². The number of hydrogen-bond donors (Lipinski definition) is 2. The molecule has 0 radical (unpaired) electrons. The Morgan fingerprint density at radius 2 is 1.97 bits per heavy atom. The lowest BCUT2D eigenvalue weighted by molar-refractivity contribution is 0.0697. The van der Waals surface area contributed by atoms with Gasteiger partial charge in [-0.05, 0) is 55.3 Å². The lowest BCUT2D eigenvalue weighted by Gasteiger charge is -2.38. The molecule has 1 aromatic heterocycles. The number of H-pyrrole nitrogens is 1. The molecule has 0 bridgehead atoms. The third-order valence-electron chi connectivity index (χ3n) is 6.49. The van der Waals surface area contributed by atoms with Crippen LogP contribution in [-0.2, 0) is 6.54 Å². The molecule has 0 amide bonds. The number of aromatic amines is 1. The van der Waals surface area contributed by atoms with E-state index < -0.39 is 5.97 Å². The maximum Gasteiger partial charge on any atom is 0.335 e. The number of carboxylic acids is 1. The Bertz CT molecular complexity index is 1060. The summed E-state index contributed by atoms with van der Waals surface area (Å²) in [5.41, 5.74) is 4.91. The highest BCUT2D eigenvalue weighted by atomic mass is 16.5. The molecule has 6 heteroatoms. The molecule has 1 atom stereocenters. The Hall–Kier alpha value is -2.83. The van der Waals surface area contributed by atoms with Gasteiger partial charge in [0.2, 0.25) is 0 Å². The van der Waals surface area contributed by atoms with Crippen molar-refractivity contribution >= 4 is 16.9 Å². The minimum absolute atomic E-state index is 0.0935. The number of rotatable bonds is 5. The van der Waals surface area contributed by atoms with Crippen LogP contribution in [0.5, 0.6) is 5.75 Å². The summed E-state index contributed by atoms with van der Waals surface area (Å²) < 4.78 is 5.80. The van der Waals surface area contributed by atoms with Crippen LogP contribution in [-0.4, -0.2) is 47.7 Å². The van der Waals surface area contributed by atoms with Crippen molar-refractivity contribution in [1.82, 2.24) is 9.88 Å². The SMILES string of the molecule is COc1cc(C)c2[nH]ccc2c1CN1CCCCCC[N-]CC1c1ccc(C(=O)O)cc1. The van der Waals surface area contributed by atoms with Crippen LogP contribution in [0.3, 0.4) is 0 Å². The molecule has 32 heavy (non-hydrogen) atoms. The van der Waals surface area contributed by atoms with Gasteiger partial charge >= 0.3 is 5.97 Å². The maximum atomic E-state index is 11.3. The van der Waals surface area contributed by atoms with Crippen molar-refractivity contribution in [3.63, 3.8) is 0 Å². The number of nitrogens with one attached hydrogen (secondary N) is 1. The fraction of sp³-hybridized carbons (Fsp3) is 0.423. The van der Waals surface area contributed by atoms with Crippen LogP contribution in [0.1, 0.15) is 58.8 Å². The normalized spacial score (nSPS) is 18.5. The van der Waals surface area contributed by atoms with Crippen molar-refractivity contribution in [3.8, 4) is 5.75 Å². The summed E-state index contributed by atoms with van der Waals surface area (Å²) >= 11 is 0. The first kappa shape index (κ1) is 22.4. The van der Waals surface area contributed by atoms with E-state index >= 15 is 0 Å². The largest absolute Gasteiger partial charge is 0.661 e. The smallest absolute Gasteiger partial charge is 0.335 e. The molecule has 0 aliphatic carbocycles. The number of aryl methyl sites for hydroxylation is 1. The average molecular weight is 435 g/mol. The molecule has 1 saturated heterocycles. The summed E-state index contributed by atoms with van der Waals surface area (Å²) in [6, 6.07) is 11.6. The van der Waals surface area contributed by atoms with Crippen LogP contribution < -0.4 is 4.74 Å². The number of carbonyl (C=O) groups is 1. The molecular formula is C26H32N3O3-. The summed E-state index contributed by atoms with van der Waals surface area (Å²) in [7, 11) is 1.73. The molecule has 3 aromatic rings. The van der Waals surface area contributed by atoms with Gasteiger partial charge in [0.05, 0.1) is 12.7 Å². The number of carboxylic acid groups (broad SMARTS) is 1. The van der Waals surface area contributed by atoms with E-state index in [-0.39, 0.29) is 6.04 Å². The summed E-state index contributed by atoms with van der Waals surface area (Å²) in [6.07, 6.45) is 6.67. The summed E-state index contributed by atoms with van der Waals surface area (Å²) in [6.45, 7) is 5.40. The zero-order valence-corrected chi connectivity index (χ0v) is 18.9. The highest BCUT2D eigenvalue weighted by Crippen LogP contribution is 2.34. The Balaban J connectivity index is 1.71. The molecule has 0 saturated carbocycles. The predicted molar refractivity (Wildman–Crippen MR) is 128 cm³/mol. The zero-order chi connectivity index (χ0) is 22.5. The van der Waals surface area contributed by atoms with E-state index in [1.54, 1.807) is 19.2 Å². The van der Waals surface area contributed by atoms with Crippen molar-refractivity contribution in [3.05, 3.63) is 70.2 Å². The van der Waals surface area contributed by atoms with Gasteiger partial charge in [0.15, 0.2) is 0 Å². The van der Waals surface area contributed by atoms with Gasteiger partial charge in [-0.1, -0.05) is 31.4 Å². The molecule has 2 N–H and O–H groups in total. The number of benzene rings is 2. The number of fused-ring (bicyclic) bond motifs is 1. The first-order chi connectivity index (χ1) is 15.6. The highest BCUT2D eigenvalue weighted by molar-refractivity contribution is 5.88. The topological polar surface area (TPSA) is 79.7 Å². The quantitative estimate of drug-likeness (QED) is 0.542. The van der Waals surface area contributed by atoms with Crippen molar-refractivity contribution in [1.29, 1.82) is 0 Å². The van der Waals surface area contributed by atoms with Crippen molar-refractivity contribution in [2.75, 3.05) is 26.7 Å². The van der Waals surface area contributed by atoms with E-state index in [4.69, 9.17) is 10.1 Å². The number of ether oxygens (including phenoxy) is 1. The summed E-state index contributed by atoms with van der Waals surface area (Å²) in [5.74, 6) is 0.00639. The Morgan fingerprint density at radius 3 is 2.72 bits per heavy atom. The van der Waals surface area contributed by atoms with Gasteiger partial charge < -0.3 is 20.1 Å². The van der Waals surface area contributed by atoms with Crippen LogP contribution >= 0.6 is 0 Å². The molecule has 0 spiro atoms. The van der Waals surface area contributed by atoms with Gasteiger partial charge in [-0.25, -0.2) is 4.79 Å². The predicted octanol–water partition coefficient (Wildman–Crippen LogP) is 5.67. The van der Waals surface area contributed by atoms with Gasteiger partial charge in [0.25, 0.3) is 0 Å². The van der Waals surface area contributed by atoms with E-state index in [1.807, 2.05) is 18.3 Å². The molecule has 1 unspecified atom stereocenters. The van der Waals surface area contributed by atoms with E-state index in [0.717, 1.165) is 49.3 Å². The number of methoxy groups -OCH3 is 1. The number of nitrogens with zero attached hydrogens (tertiary/aromatic N) is 2. The first-order valence-electron chi connectivity index (χ1n) is 11.4. The fourth-order valence-electron chi connectivity index (χ4n) is 4.71. The third kappa shape index (κ3) is 4.81. The number of aromatic nitrogens is 1. The lowest BCUT2D eigenvalue weighted by Crippen LogP contribution is -2.32. The molecule has 2 aromatic carbocycles. The Labute approximate surface area is 189 Å². The van der Waals surface area contributed by atoms with Gasteiger partial charge in [-0.2, -0.15) is 0 Å². The van der Waals surface area contributed by atoms with Crippen LogP contribution in [0.2, 0.25) is 0 Å². The maximum absolute atomic E-state index is 11.3. The van der Waals surface area contributed by atoms with Crippen molar-refractivity contribution < 1.29 is 14.6 Å². The first-order valence-corrected chi connectivity index (χ1v) is 11.4. The Morgan fingerprint density at radius 1 is 1.19 bits per heavy atom. The zero-order valence-electron chi connectivity index (χ0n) is 18.9. The van der Waals surface area contributed by atoms with Gasteiger partial charge in [0.1, 0.15) is 5.75 Å². The molecule has 2 heterocycles. The van der Waals surface area contributed by atoms with E-state index in [1.165, 1.54) is 29.4 Å². The van der Waals surface area contributed by atoms with E-state index in [9.17, 15) is 9.90 Å². The van der Waals surface area contributed by atoms with Gasteiger partial charge in [-0.15, -0.1) is 13.1 Å². The lowest BCUT2D eigenvalue weighted by atomic mass is 9.99. The van der Waals surface area contributed by atoms with Crippen LogP contribution in [0.4, 0.5) is 0 Å². The second-order valence-electron chi connectivity index (χ2n) is 8.60. The standard InChI is InChI=1S/C26H32N3O3/c1-18-15-24(32-2)22(21-11-13-28-25(18)21)17-29-14-6-4-3-5-12-27-16-23(29)19-7-9-20(10-8-19)26(30)31/h7-11,13,15,23,28H,3-6,12,14,16-17H2,1-2H3,(H,30,31)/q-1. The minimum Gasteiger partial charge on any atom is -0.661 e. The van der Waals surface area contributed by atoms with Gasteiger partial charge in [0, 0.05) is 35.2 Å². The van der Waals surface area contributed by atoms with Crippen molar-refractivity contribution in [2.24, 2.45) is 0 Å². The molecule has 1 aliphatic heterocycles. The third-order valence-corrected chi connectivity index (χ3v) is 6.49. The molecule has 170 valence electrons. The van der Waals surface area contributed by atoms with Crippen molar-refractivity contribution in [2.45, 2.75) is 45.2 Å². The fourth-order valence-corrected chi connectivity index (χ4v) is 4.71. The van der Waals surface area contributed by atoms with Gasteiger partial charge in [-0.3, -0.25) is 4.90 Å². The van der Waals surface area contributed by atoms with E-state index in [2.05, 4.69) is 28.9 Å². The number of hydrogen-bond acceptors (Lipinski definition) is 3. The Kier molecular flexibility index (Phi) is 7.12. The molecular weight excluding hydrogens is 402 g/mol. The second kappa shape index (κ2) is 10.2. The molecule has 6 nitrogen and oxygen atoms in total. The second-order valence-corrected chi connectivity index (χ2v) is 8.60. The summed E-state index contributed by atoms with van der Waals surface area (Å²) in [5, 5.41) is 15.3. The van der Waals surface area contributed by atoms with Crippen LogP contribution in [0.15, 0.2) is 42.6 Å². The van der Waals surface area contributed by atoms with Crippen LogP contribution in [0.25, 0.3) is 16.2 Å².